The van der Waals surface area contributed by atoms with Gasteiger partial charge in [-0.1, -0.05) is 30.4 Å². The van der Waals surface area contributed by atoms with Crippen LogP contribution in [0.4, 0.5) is 8.78 Å². The summed E-state index contributed by atoms with van der Waals surface area (Å²) in [6.45, 7) is -0.472. The van der Waals surface area contributed by atoms with Gasteiger partial charge in [-0.3, -0.25) is 4.79 Å². The van der Waals surface area contributed by atoms with Crippen molar-refractivity contribution in [1.29, 1.82) is 0 Å². The highest BCUT2D eigenvalue weighted by molar-refractivity contribution is 7.89. The molecule has 31 heavy (non-hydrogen) atoms. The van der Waals surface area contributed by atoms with Crippen LogP contribution >= 0.6 is 0 Å². The lowest BCUT2D eigenvalue weighted by molar-refractivity contribution is -0.125. The van der Waals surface area contributed by atoms with Gasteiger partial charge in [-0.2, -0.15) is 0 Å². The standard InChI is InChI=1S/C21H22F2N2O5S/c22-15-5-8-17(9-6-15)31(28,29)25-19-10-7-16(30-20(19)13-26)11-21(27)24-12-14-3-1-2-4-18(14)23/h1-10,16,19-20,25-26H,11-13H2,(H,24,27)/t16-,19+,20+/m1/s1. The third-order valence-electron chi connectivity index (χ3n) is 4.70. The topological polar surface area (TPSA) is 105 Å². The van der Waals surface area contributed by atoms with E-state index in [1.165, 1.54) is 18.2 Å². The summed E-state index contributed by atoms with van der Waals surface area (Å²) in [5.74, 6) is -1.38. The summed E-state index contributed by atoms with van der Waals surface area (Å²) in [5, 5.41) is 12.2. The molecule has 3 rings (SSSR count). The number of hydrogen-bond donors (Lipinski definition) is 3. The second-order valence-corrected chi connectivity index (χ2v) is 8.67. The van der Waals surface area contributed by atoms with Crippen LogP contribution in [0.15, 0.2) is 65.6 Å². The van der Waals surface area contributed by atoms with Crippen LogP contribution in [0, 0.1) is 11.6 Å². The molecule has 0 fully saturated rings. The summed E-state index contributed by atoms with van der Waals surface area (Å²) in [4.78, 5) is 12.0. The molecular formula is C21H22F2N2O5S. The molecule has 3 atom stereocenters. The minimum Gasteiger partial charge on any atom is -0.394 e. The average Bonchev–Trinajstić information content (AvgIpc) is 2.74. The van der Waals surface area contributed by atoms with Crippen LogP contribution in [0.1, 0.15) is 12.0 Å². The lowest BCUT2D eigenvalue weighted by Crippen LogP contribution is -2.49. The molecule has 0 radical (unpaired) electrons. The monoisotopic (exact) mass is 452 g/mol. The maximum absolute atomic E-state index is 13.6. The quantitative estimate of drug-likeness (QED) is 0.528. The van der Waals surface area contributed by atoms with Crippen molar-refractivity contribution in [3.63, 3.8) is 0 Å². The van der Waals surface area contributed by atoms with Crippen LogP contribution in [-0.2, 0) is 26.1 Å². The number of aliphatic hydroxyl groups excluding tert-OH is 1. The van der Waals surface area contributed by atoms with Gasteiger partial charge in [-0.15, -0.1) is 0 Å². The lowest BCUT2D eigenvalue weighted by Gasteiger charge is -2.31. The molecule has 1 aliphatic heterocycles. The number of carbonyl (C=O) groups is 1. The molecule has 0 bridgehead atoms. The van der Waals surface area contributed by atoms with Crippen molar-refractivity contribution in [3.05, 3.63) is 77.9 Å². The van der Waals surface area contributed by atoms with Crippen molar-refractivity contribution in [3.8, 4) is 0 Å². The number of amides is 1. The van der Waals surface area contributed by atoms with Gasteiger partial charge in [0, 0.05) is 12.1 Å². The molecule has 2 aromatic carbocycles. The fourth-order valence-electron chi connectivity index (χ4n) is 3.06. The minimum atomic E-state index is -3.98. The SMILES string of the molecule is O=C(C[C@H]1C=C[C@H](NS(=O)(=O)c2ccc(F)cc2)[C@H](CO)O1)NCc1ccccc1F. The Kier molecular flexibility index (Phi) is 7.50. The molecule has 0 saturated heterocycles. The van der Waals surface area contributed by atoms with Crippen LogP contribution in [0.3, 0.4) is 0 Å². The minimum absolute atomic E-state index is 0.0193. The zero-order valence-electron chi connectivity index (χ0n) is 16.4. The van der Waals surface area contributed by atoms with Crippen molar-refractivity contribution in [2.45, 2.75) is 36.1 Å². The van der Waals surface area contributed by atoms with Crippen molar-refractivity contribution in [2.24, 2.45) is 0 Å². The van der Waals surface area contributed by atoms with E-state index >= 15 is 0 Å². The van der Waals surface area contributed by atoms with Gasteiger partial charge >= 0.3 is 0 Å². The Bertz CT molecular complexity index is 1040. The molecule has 3 N–H and O–H groups in total. The molecule has 0 aliphatic carbocycles. The van der Waals surface area contributed by atoms with Gasteiger partial charge in [0.15, 0.2) is 0 Å². The molecule has 0 unspecified atom stereocenters. The molecule has 7 nitrogen and oxygen atoms in total. The van der Waals surface area contributed by atoms with E-state index in [1.807, 2.05) is 0 Å². The molecule has 2 aromatic rings. The van der Waals surface area contributed by atoms with Gasteiger partial charge in [0.05, 0.1) is 30.1 Å². The molecule has 166 valence electrons. The summed E-state index contributed by atoms with van der Waals surface area (Å²) in [7, 11) is -3.98. The predicted octanol–water partition coefficient (Wildman–Crippen LogP) is 1.63. The molecule has 0 saturated carbocycles. The van der Waals surface area contributed by atoms with E-state index in [1.54, 1.807) is 18.2 Å². The Hall–Kier alpha value is -2.66. The molecule has 1 heterocycles. The van der Waals surface area contributed by atoms with Crippen LogP contribution in [-0.4, -0.2) is 44.3 Å². The second kappa shape index (κ2) is 10.1. The number of aliphatic hydroxyl groups is 1. The Morgan fingerprint density at radius 3 is 2.45 bits per heavy atom. The Balaban J connectivity index is 1.59. The number of halogens is 2. The predicted molar refractivity (Wildman–Crippen MR) is 108 cm³/mol. The zero-order valence-corrected chi connectivity index (χ0v) is 17.2. The normalized spacial score (nSPS) is 21.1. The van der Waals surface area contributed by atoms with E-state index in [0.29, 0.717) is 5.56 Å². The highest BCUT2D eigenvalue weighted by Gasteiger charge is 2.31. The van der Waals surface area contributed by atoms with Gasteiger partial charge in [-0.25, -0.2) is 21.9 Å². The number of sulfonamides is 1. The summed E-state index contributed by atoms with van der Waals surface area (Å²) in [6.07, 6.45) is 1.32. The van der Waals surface area contributed by atoms with Crippen LogP contribution in [0.5, 0.6) is 0 Å². The van der Waals surface area contributed by atoms with E-state index in [2.05, 4.69) is 10.0 Å². The first-order valence-corrected chi connectivity index (χ1v) is 11.0. The first-order chi connectivity index (χ1) is 14.8. The van der Waals surface area contributed by atoms with Crippen molar-refractivity contribution < 1.29 is 31.8 Å². The highest BCUT2D eigenvalue weighted by atomic mass is 32.2. The zero-order chi connectivity index (χ0) is 22.4. The Morgan fingerprint density at radius 2 is 1.77 bits per heavy atom. The fraction of sp³-hybridized carbons (Fsp3) is 0.286. The van der Waals surface area contributed by atoms with E-state index in [0.717, 1.165) is 24.3 Å². The number of rotatable bonds is 8. The van der Waals surface area contributed by atoms with Crippen molar-refractivity contribution in [1.82, 2.24) is 10.0 Å². The number of ether oxygens (including phenoxy) is 1. The highest BCUT2D eigenvalue weighted by Crippen LogP contribution is 2.19. The van der Waals surface area contributed by atoms with Crippen LogP contribution < -0.4 is 10.0 Å². The van der Waals surface area contributed by atoms with Gasteiger partial charge in [0.1, 0.15) is 17.7 Å². The first-order valence-electron chi connectivity index (χ1n) is 9.51. The van der Waals surface area contributed by atoms with Crippen molar-refractivity contribution >= 4 is 15.9 Å². The van der Waals surface area contributed by atoms with Gasteiger partial charge < -0.3 is 15.2 Å². The number of benzene rings is 2. The molecular weight excluding hydrogens is 430 g/mol. The first kappa shape index (κ1) is 23.0. The largest absolute Gasteiger partial charge is 0.394 e. The van der Waals surface area contributed by atoms with Crippen LogP contribution in [0.2, 0.25) is 0 Å². The molecule has 1 aliphatic rings. The summed E-state index contributed by atoms with van der Waals surface area (Å²) in [5.41, 5.74) is 0.347. The lowest BCUT2D eigenvalue weighted by atomic mass is 10.1. The van der Waals surface area contributed by atoms with Crippen LogP contribution in [0.25, 0.3) is 0 Å². The van der Waals surface area contributed by atoms with Gasteiger partial charge in [-0.05, 0) is 30.3 Å². The Morgan fingerprint density at radius 1 is 1.06 bits per heavy atom. The number of nitrogens with one attached hydrogen (secondary N) is 2. The Labute approximate surface area is 178 Å². The molecule has 0 aromatic heterocycles. The van der Waals surface area contributed by atoms with E-state index < -0.39 is 46.5 Å². The molecule has 0 spiro atoms. The summed E-state index contributed by atoms with van der Waals surface area (Å²) < 4.78 is 59.7. The van der Waals surface area contributed by atoms with Gasteiger partial charge in [0.2, 0.25) is 15.9 Å². The van der Waals surface area contributed by atoms with E-state index in [-0.39, 0.29) is 23.8 Å². The summed E-state index contributed by atoms with van der Waals surface area (Å²) >= 11 is 0. The van der Waals surface area contributed by atoms with E-state index in [9.17, 15) is 27.1 Å². The van der Waals surface area contributed by atoms with E-state index in [4.69, 9.17) is 4.74 Å². The molecule has 10 heteroatoms. The maximum Gasteiger partial charge on any atom is 0.241 e. The molecule has 1 amide bonds. The van der Waals surface area contributed by atoms with Crippen molar-refractivity contribution in [2.75, 3.05) is 6.61 Å². The average molecular weight is 452 g/mol. The summed E-state index contributed by atoms with van der Waals surface area (Å²) in [6, 6.07) is 9.51. The second-order valence-electron chi connectivity index (χ2n) is 6.95. The third kappa shape index (κ3) is 6.17. The fourth-order valence-corrected chi connectivity index (χ4v) is 4.28. The number of carbonyl (C=O) groups excluding carboxylic acids is 1. The van der Waals surface area contributed by atoms with Gasteiger partial charge in [0.25, 0.3) is 0 Å². The smallest absolute Gasteiger partial charge is 0.241 e. The maximum atomic E-state index is 13.6. The number of hydrogen-bond acceptors (Lipinski definition) is 5. The third-order valence-corrected chi connectivity index (χ3v) is 6.17.